The van der Waals surface area contributed by atoms with Crippen molar-refractivity contribution in [1.29, 1.82) is 0 Å². The number of benzene rings is 1. The number of hydrogen-bond donors (Lipinski definition) is 0. The fourth-order valence-corrected chi connectivity index (χ4v) is 2.57. The van der Waals surface area contributed by atoms with Gasteiger partial charge in [0, 0.05) is 44.4 Å². The lowest BCUT2D eigenvalue weighted by Crippen LogP contribution is -2.39. The number of nitrogens with zero attached hydrogens (tertiary/aromatic N) is 3. The molecule has 1 aliphatic heterocycles. The van der Waals surface area contributed by atoms with Crippen molar-refractivity contribution in [2.24, 2.45) is 0 Å². The first-order valence-electron chi connectivity index (χ1n) is 7.75. The minimum atomic E-state index is -1.01. The summed E-state index contributed by atoms with van der Waals surface area (Å²) in [6.45, 7) is 1.000. The Morgan fingerprint density at radius 1 is 1.32 bits per heavy atom. The van der Waals surface area contributed by atoms with Crippen molar-refractivity contribution in [2.75, 3.05) is 20.3 Å². The highest BCUT2D eigenvalue weighted by atomic mass is 19.2. The predicted octanol–water partition coefficient (Wildman–Crippen LogP) is 1.86. The van der Waals surface area contributed by atoms with E-state index in [0.717, 1.165) is 23.4 Å². The SMILES string of the molecule is COCc1ncc2c(n1)CCN(C(=O)COc1ccc(F)c(F)c1)C2. The van der Waals surface area contributed by atoms with Crippen LogP contribution in [0.1, 0.15) is 17.1 Å². The van der Waals surface area contributed by atoms with Crippen LogP contribution in [0, 0.1) is 11.6 Å². The van der Waals surface area contributed by atoms with Crippen LogP contribution >= 0.6 is 0 Å². The van der Waals surface area contributed by atoms with Crippen molar-refractivity contribution in [1.82, 2.24) is 14.9 Å². The fraction of sp³-hybridized carbons (Fsp3) is 0.353. The highest BCUT2D eigenvalue weighted by molar-refractivity contribution is 5.78. The summed E-state index contributed by atoms with van der Waals surface area (Å²) in [5, 5.41) is 0. The summed E-state index contributed by atoms with van der Waals surface area (Å²) >= 11 is 0. The van der Waals surface area contributed by atoms with Gasteiger partial charge in [-0.2, -0.15) is 0 Å². The van der Waals surface area contributed by atoms with Gasteiger partial charge in [0.2, 0.25) is 0 Å². The summed E-state index contributed by atoms with van der Waals surface area (Å²) in [5.41, 5.74) is 1.79. The van der Waals surface area contributed by atoms with Gasteiger partial charge in [-0.1, -0.05) is 0 Å². The van der Waals surface area contributed by atoms with Gasteiger partial charge in [0.25, 0.3) is 5.91 Å². The van der Waals surface area contributed by atoms with Gasteiger partial charge in [0.15, 0.2) is 24.1 Å². The Labute approximate surface area is 143 Å². The molecule has 25 heavy (non-hydrogen) atoms. The second kappa shape index (κ2) is 7.52. The van der Waals surface area contributed by atoms with Crippen molar-refractivity contribution in [3.63, 3.8) is 0 Å². The van der Waals surface area contributed by atoms with Gasteiger partial charge in [-0.05, 0) is 12.1 Å². The second-order valence-corrected chi connectivity index (χ2v) is 5.62. The van der Waals surface area contributed by atoms with Crippen LogP contribution in [0.5, 0.6) is 5.75 Å². The number of methoxy groups -OCH3 is 1. The van der Waals surface area contributed by atoms with E-state index < -0.39 is 11.6 Å². The number of fused-ring (bicyclic) bond motifs is 1. The first-order valence-corrected chi connectivity index (χ1v) is 7.75. The third-order valence-electron chi connectivity index (χ3n) is 3.86. The van der Waals surface area contributed by atoms with Gasteiger partial charge in [-0.25, -0.2) is 18.7 Å². The van der Waals surface area contributed by atoms with Crippen molar-refractivity contribution in [3.8, 4) is 5.75 Å². The summed E-state index contributed by atoms with van der Waals surface area (Å²) < 4.78 is 36.3. The number of halogens is 2. The second-order valence-electron chi connectivity index (χ2n) is 5.62. The van der Waals surface area contributed by atoms with E-state index in [1.54, 1.807) is 18.2 Å². The lowest BCUT2D eigenvalue weighted by atomic mass is 10.1. The van der Waals surface area contributed by atoms with E-state index in [1.165, 1.54) is 6.07 Å². The fourth-order valence-electron chi connectivity index (χ4n) is 2.57. The summed E-state index contributed by atoms with van der Waals surface area (Å²) in [4.78, 5) is 22.5. The molecule has 0 unspecified atom stereocenters. The molecule has 0 radical (unpaired) electrons. The van der Waals surface area contributed by atoms with Crippen LogP contribution in [0.3, 0.4) is 0 Å². The molecule has 1 aliphatic rings. The Kier molecular flexibility index (Phi) is 5.18. The van der Waals surface area contributed by atoms with E-state index in [-0.39, 0.29) is 18.3 Å². The van der Waals surface area contributed by atoms with E-state index in [9.17, 15) is 13.6 Å². The molecule has 8 heteroatoms. The average molecular weight is 349 g/mol. The van der Waals surface area contributed by atoms with Gasteiger partial charge >= 0.3 is 0 Å². The van der Waals surface area contributed by atoms with Crippen LogP contribution in [0.2, 0.25) is 0 Å². The van der Waals surface area contributed by atoms with Crippen molar-refractivity contribution in [3.05, 3.63) is 53.1 Å². The minimum Gasteiger partial charge on any atom is -0.484 e. The van der Waals surface area contributed by atoms with E-state index in [0.29, 0.717) is 31.9 Å². The maximum Gasteiger partial charge on any atom is 0.260 e. The van der Waals surface area contributed by atoms with E-state index in [4.69, 9.17) is 9.47 Å². The van der Waals surface area contributed by atoms with Gasteiger partial charge in [0.05, 0.1) is 5.69 Å². The van der Waals surface area contributed by atoms with Crippen LogP contribution in [-0.4, -0.2) is 41.0 Å². The molecule has 3 rings (SSSR count). The molecule has 0 N–H and O–H groups in total. The van der Waals surface area contributed by atoms with Crippen molar-refractivity contribution < 1.29 is 23.0 Å². The van der Waals surface area contributed by atoms with Crippen LogP contribution in [0.15, 0.2) is 24.4 Å². The normalized spacial score (nSPS) is 13.5. The Hall–Kier alpha value is -2.61. The smallest absolute Gasteiger partial charge is 0.260 e. The zero-order valence-corrected chi connectivity index (χ0v) is 13.7. The summed E-state index contributed by atoms with van der Waals surface area (Å²) in [6, 6.07) is 3.16. The molecular formula is C17H17F2N3O3. The number of carbonyl (C=O) groups excluding carboxylic acids is 1. The lowest BCUT2D eigenvalue weighted by molar-refractivity contribution is -0.134. The molecule has 2 aromatic rings. The molecule has 1 aromatic heterocycles. The Balaban J connectivity index is 1.59. The molecule has 2 heterocycles. The zero-order chi connectivity index (χ0) is 17.8. The Bertz CT molecular complexity index is 786. The largest absolute Gasteiger partial charge is 0.484 e. The number of carbonyl (C=O) groups is 1. The highest BCUT2D eigenvalue weighted by Crippen LogP contribution is 2.18. The van der Waals surface area contributed by atoms with Crippen LogP contribution in [-0.2, 0) is 29.1 Å². The number of amides is 1. The van der Waals surface area contributed by atoms with Gasteiger partial charge in [0.1, 0.15) is 12.4 Å². The van der Waals surface area contributed by atoms with Gasteiger partial charge in [-0.3, -0.25) is 4.79 Å². The summed E-state index contributed by atoms with van der Waals surface area (Å²) in [5.74, 6) is -1.49. The number of aromatic nitrogens is 2. The Morgan fingerprint density at radius 2 is 2.16 bits per heavy atom. The van der Waals surface area contributed by atoms with Crippen LogP contribution in [0.25, 0.3) is 0 Å². The van der Waals surface area contributed by atoms with E-state index in [2.05, 4.69) is 9.97 Å². The zero-order valence-electron chi connectivity index (χ0n) is 13.7. The van der Waals surface area contributed by atoms with Gasteiger partial charge in [-0.15, -0.1) is 0 Å². The molecule has 0 aliphatic carbocycles. The Morgan fingerprint density at radius 3 is 2.92 bits per heavy atom. The molecular weight excluding hydrogens is 332 g/mol. The molecule has 1 aromatic carbocycles. The molecule has 0 saturated carbocycles. The van der Waals surface area contributed by atoms with Crippen molar-refractivity contribution >= 4 is 5.91 Å². The summed E-state index contributed by atoms with van der Waals surface area (Å²) in [6.07, 6.45) is 2.32. The average Bonchev–Trinajstić information content (AvgIpc) is 2.62. The van der Waals surface area contributed by atoms with E-state index >= 15 is 0 Å². The molecule has 0 spiro atoms. The predicted molar refractivity (Wildman–Crippen MR) is 83.7 cm³/mol. The topological polar surface area (TPSA) is 64.6 Å². The molecule has 0 atom stereocenters. The number of rotatable bonds is 5. The maximum atomic E-state index is 13.1. The van der Waals surface area contributed by atoms with E-state index in [1.807, 2.05) is 0 Å². The first-order chi connectivity index (χ1) is 12.1. The standard InChI is InChI=1S/C17H17F2N3O3/c1-24-9-16-20-7-11-8-22(5-4-15(11)21-16)17(23)10-25-12-2-3-13(18)14(19)6-12/h2-3,6-7H,4-5,8-10H2,1H3. The van der Waals surface area contributed by atoms with Crippen molar-refractivity contribution in [2.45, 2.75) is 19.6 Å². The van der Waals surface area contributed by atoms with Crippen LogP contribution < -0.4 is 4.74 Å². The number of ether oxygens (including phenoxy) is 2. The highest BCUT2D eigenvalue weighted by Gasteiger charge is 2.22. The minimum absolute atomic E-state index is 0.109. The molecule has 0 fully saturated rings. The molecule has 0 bridgehead atoms. The quantitative estimate of drug-likeness (QED) is 0.825. The number of hydrogen-bond acceptors (Lipinski definition) is 5. The monoisotopic (exact) mass is 349 g/mol. The van der Waals surface area contributed by atoms with Gasteiger partial charge < -0.3 is 14.4 Å². The van der Waals surface area contributed by atoms with Crippen LogP contribution in [0.4, 0.5) is 8.78 Å². The maximum absolute atomic E-state index is 13.1. The molecule has 0 saturated heterocycles. The lowest BCUT2D eigenvalue weighted by Gasteiger charge is -2.28. The third kappa shape index (κ3) is 4.08. The first kappa shape index (κ1) is 17.2. The molecule has 1 amide bonds. The third-order valence-corrected chi connectivity index (χ3v) is 3.86. The molecule has 6 nitrogen and oxygen atoms in total. The summed E-state index contributed by atoms with van der Waals surface area (Å²) in [7, 11) is 1.58. The molecule has 132 valence electrons.